The van der Waals surface area contributed by atoms with Crippen LogP contribution in [0.25, 0.3) is 0 Å². The number of hydrogen-bond acceptors (Lipinski definition) is 14. The van der Waals surface area contributed by atoms with Crippen LogP contribution >= 0.6 is 0 Å². The Morgan fingerprint density at radius 2 is 0.229 bits per heavy atom. The minimum atomic E-state index is -0.419. The van der Waals surface area contributed by atoms with E-state index in [0.717, 1.165) is 0 Å². The Morgan fingerprint density at radius 1 is 0.129 bits per heavy atom. The summed E-state index contributed by atoms with van der Waals surface area (Å²) in [4.78, 5) is 0. The minimum absolute atomic E-state index is 0.0576. The average molecular weight is 995 g/mol. The molecule has 21 heterocycles. The average Bonchev–Trinajstić information content (AvgIpc) is 3.31. The Morgan fingerprint density at radius 3 is 0.329 bits per heavy atom. The maximum absolute atomic E-state index is 6.97. The summed E-state index contributed by atoms with van der Waals surface area (Å²) in [6.45, 7) is 46.0. The standard InChI is InChI=1S/C56H98O14/c1-22-29(8)50-57-36(15)43(22)64-51-30(9)23(2)45(38(17)58-51)66-53-32(11)25(4)47(40(19)60-53)68-55-34(13)27(6)49(42(21)62-55)70-56-35(14)28(7)48(41(20)63-56)69-54-33(12)26(5)46(39(18)61-54)67-52-31(10)24(3)44(65-50)37(16)59-52/h22-56H,1-21H3/t22-,23-,24-,25-,26-,27-,28-,29?,30?,31?,32?,33?,34?,35?,36?,37?,38?,39?,40?,41?,42?,43+,44+,45+,46+,47+,48+,49+,50-,51-,52+,53+,54-,55+,56+/m1/s1. The monoisotopic (exact) mass is 995 g/mol. The van der Waals surface area contributed by atoms with Gasteiger partial charge in [-0.3, -0.25) is 0 Å². The molecule has 21 rings (SSSR count). The summed E-state index contributed by atoms with van der Waals surface area (Å²) in [5, 5.41) is 0. The van der Waals surface area contributed by atoms with Crippen LogP contribution in [0.3, 0.4) is 0 Å². The van der Waals surface area contributed by atoms with E-state index < -0.39 is 44.0 Å². The Labute approximate surface area is 422 Å². The second kappa shape index (κ2) is 22.2. The predicted molar refractivity (Wildman–Crippen MR) is 263 cm³/mol. The molecule has 0 spiro atoms. The maximum atomic E-state index is 6.97. The molecule has 21 aliphatic heterocycles. The van der Waals surface area contributed by atoms with Gasteiger partial charge in [0.15, 0.2) is 44.0 Å². The molecule has 406 valence electrons. The summed E-state index contributed by atoms with van der Waals surface area (Å²) in [6.07, 6.45) is -5.78. The zero-order chi connectivity index (χ0) is 51.1. The summed E-state index contributed by atoms with van der Waals surface area (Å²) in [6, 6.07) is 0. The van der Waals surface area contributed by atoms with Crippen LogP contribution in [0.1, 0.15) is 145 Å². The highest BCUT2D eigenvalue weighted by Crippen LogP contribution is 2.46. The molecule has 0 N–H and O–H groups in total. The predicted octanol–water partition coefficient (Wildman–Crippen LogP) is 9.82. The quantitative estimate of drug-likeness (QED) is 0.228. The van der Waals surface area contributed by atoms with Gasteiger partial charge in [0.1, 0.15) is 0 Å². The Hall–Kier alpha value is -0.560. The molecule has 0 aromatic heterocycles. The van der Waals surface area contributed by atoms with Crippen LogP contribution in [0.4, 0.5) is 0 Å². The molecule has 0 amide bonds. The molecule has 0 aliphatic carbocycles. The van der Waals surface area contributed by atoms with E-state index in [1.807, 2.05) is 0 Å². The Bertz CT molecular complexity index is 1360. The molecule has 70 heavy (non-hydrogen) atoms. The van der Waals surface area contributed by atoms with Gasteiger partial charge in [-0.05, 0) is 89.9 Å². The lowest BCUT2D eigenvalue weighted by Crippen LogP contribution is -2.59. The number of rotatable bonds is 0. The van der Waals surface area contributed by atoms with Gasteiger partial charge in [-0.2, -0.15) is 0 Å². The van der Waals surface area contributed by atoms with Crippen LogP contribution in [0, 0.1) is 82.9 Å². The van der Waals surface area contributed by atoms with Gasteiger partial charge in [-0.1, -0.05) is 96.9 Å². The van der Waals surface area contributed by atoms with Gasteiger partial charge < -0.3 is 66.3 Å². The molecule has 14 unspecified atom stereocenters. The van der Waals surface area contributed by atoms with Crippen molar-refractivity contribution in [2.45, 2.75) is 275 Å². The van der Waals surface area contributed by atoms with E-state index >= 15 is 0 Å². The van der Waals surface area contributed by atoms with E-state index in [1.54, 1.807) is 0 Å². The molecule has 0 aromatic rings. The summed E-state index contributed by atoms with van der Waals surface area (Å²) in [7, 11) is 0. The van der Waals surface area contributed by atoms with Crippen LogP contribution < -0.4 is 0 Å². The third-order valence-corrected chi connectivity index (χ3v) is 20.2. The third kappa shape index (κ3) is 10.6. The van der Waals surface area contributed by atoms with E-state index in [1.165, 1.54) is 0 Å². The fourth-order valence-electron chi connectivity index (χ4n) is 13.5. The molecule has 21 aliphatic rings. The third-order valence-electron chi connectivity index (χ3n) is 20.2. The number of ether oxygens (including phenoxy) is 14. The topological polar surface area (TPSA) is 129 Å². The van der Waals surface area contributed by atoms with E-state index in [9.17, 15) is 0 Å². The minimum Gasteiger partial charge on any atom is -0.347 e. The largest absolute Gasteiger partial charge is 0.347 e. The molecule has 0 radical (unpaired) electrons. The summed E-state index contributed by atoms with van der Waals surface area (Å²) < 4.78 is 96.1. The Balaban J connectivity index is 1.02. The van der Waals surface area contributed by atoms with Crippen molar-refractivity contribution in [1.82, 2.24) is 0 Å². The van der Waals surface area contributed by atoms with Gasteiger partial charge >= 0.3 is 0 Å². The summed E-state index contributed by atoms with van der Waals surface area (Å²) in [5.74, 6) is 1.37. The highest BCUT2D eigenvalue weighted by atomic mass is 16.8. The molecule has 14 heteroatoms. The van der Waals surface area contributed by atoms with Crippen molar-refractivity contribution in [1.29, 1.82) is 0 Å². The molecular formula is C56H98O14. The van der Waals surface area contributed by atoms with Crippen LogP contribution in [-0.4, -0.2) is 129 Å². The van der Waals surface area contributed by atoms with Crippen molar-refractivity contribution in [2.24, 2.45) is 82.9 Å². The van der Waals surface area contributed by atoms with Crippen molar-refractivity contribution in [2.75, 3.05) is 0 Å². The SMILES string of the molecule is CC1[C@@H]2OC(C)[C@@H](O[C@H]3OC(C)[C@@H](O[C@@H]4OC(C)[C@@H](O[C@@H]5OC(C)[C@@H](O[C@@H]6OC(C)[C@@H](O[C@H]7OC(C)[C@@H](O[C@@H]8OC(C)[C@@H](O2)[C@H](C)C8C)[C@H](C)C7C)[C@H](C)C6C)[C@H](C)C5C)[C@H](C)C4C)[C@H](C)C3C)[C@@H]1C. The van der Waals surface area contributed by atoms with Crippen LogP contribution in [0.2, 0.25) is 0 Å². The van der Waals surface area contributed by atoms with Gasteiger partial charge in [0.05, 0.1) is 85.5 Å². The lowest BCUT2D eigenvalue weighted by atomic mass is 9.81. The van der Waals surface area contributed by atoms with Crippen molar-refractivity contribution < 1.29 is 66.3 Å². The van der Waals surface area contributed by atoms with E-state index in [-0.39, 0.29) is 168 Å². The first kappa shape index (κ1) is 55.7. The second-order valence-corrected chi connectivity index (χ2v) is 24.7. The highest BCUT2D eigenvalue weighted by Gasteiger charge is 2.54. The van der Waals surface area contributed by atoms with Crippen LogP contribution in [0.5, 0.6) is 0 Å². The first-order valence-electron chi connectivity index (χ1n) is 28.1. The molecule has 0 saturated carbocycles. The summed E-state index contributed by atoms with van der Waals surface area (Å²) >= 11 is 0. The van der Waals surface area contributed by atoms with E-state index in [4.69, 9.17) is 66.3 Å². The first-order valence-corrected chi connectivity index (χ1v) is 28.1. The van der Waals surface area contributed by atoms with Gasteiger partial charge in [0.2, 0.25) is 0 Å². The molecule has 0 aromatic carbocycles. The first-order chi connectivity index (χ1) is 32.9. The number of hydrogen-bond donors (Lipinski definition) is 0. The molecule has 21 saturated heterocycles. The highest BCUT2D eigenvalue weighted by molar-refractivity contribution is 4.96. The smallest absolute Gasteiger partial charge is 0.161 e. The van der Waals surface area contributed by atoms with Crippen LogP contribution in [-0.2, 0) is 66.3 Å². The fraction of sp³-hybridized carbons (Fsp3) is 1.00. The summed E-state index contributed by atoms with van der Waals surface area (Å²) in [5.41, 5.74) is 0. The molecule has 14 bridgehead atoms. The van der Waals surface area contributed by atoms with Crippen LogP contribution in [0.15, 0.2) is 0 Å². The van der Waals surface area contributed by atoms with Gasteiger partial charge in [0.25, 0.3) is 0 Å². The Kier molecular flexibility index (Phi) is 17.6. The lowest BCUT2D eigenvalue weighted by Gasteiger charge is -2.51. The van der Waals surface area contributed by atoms with Gasteiger partial charge in [0, 0.05) is 41.4 Å². The second-order valence-electron chi connectivity index (χ2n) is 24.7. The molecule has 14 nitrogen and oxygen atoms in total. The normalized spacial score (nSPS) is 59.7. The van der Waals surface area contributed by atoms with E-state index in [2.05, 4.69) is 145 Å². The zero-order valence-electron chi connectivity index (χ0n) is 46.9. The van der Waals surface area contributed by atoms with Crippen molar-refractivity contribution in [3.8, 4) is 0 Å². The van der Waals surface area contributed by atoms with Crippen molar-refractivity contribution >= 4 is 0 Å². The maximum Gasteiger partial charge on any atom is 0.161 e. The van der Waals surface area contributed by atoms with Gasteiger partial charge in [-0.15, -0.1) is 0 Å². The molecular weight excluding hydrogens is 897 g/mol. The lowest BCUT2D eigenvalue weighted by molar-refractivity contribution is -0.364. The molecule has 21 fully saturated rings. The molecule has 35 atom stereocenters. The van der Waals surface area contributed by atoms with Crippen molar-refractivity contribution in [3.63, 3.8) is 0 Å². The van der Waals surface area contributed by atoms with E-state index in [0.29, 0.717) is 0 Å². The van der Waals surface area contributed by atoms with Gasteiger partial charge in [-0.25, -0.2) is 0 Å². The fourth-order valence-corrected chi connectivity index (χ4v) is 13.5. The van der Waals surface area contributed by atoms with Crippen molar-refractivity contribution in [3.05, 3.63) is 0 Å². The zero-order valence-corrected chi connectivity index (χ0v) is 46.9.